The molecule has 0 bridgehead atoms. The number of para-hydroxylation sites is 1. The van der Waals surface area contributed by atoms with Gasteiger partial charge in [-0.3, -0.25) is 14.2 Å². The smallest absolute Gasteiger partial charge is 0.261 e. The minimum Gasteiger partial charge on any atom is -0.333 e. The number of carbonyl (C=O) groups excluding carboxylic acids is 1. The Morgan fingerprint density at radius 3 is 2.42 bits per heavy atom. The standard InChI is InChI=1S/C26H31N3O2/c1-18(2)15-16-28(25(30)21-13-14-21)19(3)24-27-23-12-8-7-11-22(23)26(31)29(24)17-20-9-5-4-6-10-20/h4-12,18-19,21H,13-17H2,1-3H3. The van der Waals surface area contributed by atoms with Gasteiger partial charge in [-0.25, -0.2) is 4.98 Å². The summed E-state index contributed by atoms with van der Waals surface area (Å²) in [7, 11) is 0. The zero-order valence-electron chi connectivity index (χ0n) is 18.6. The van der Waals surface area contributed by atoms with Crippen LogP contribution in [0.2, 0.25) is 0 Å². The highest BCUT2D eigenvalue weighted by molar-refractivity contribution is 5.81. The molecule has 1 saturated carbocycles. The zero-order chi connectivity index (χ0) is 22.0. The quantitative estimate of drug-likeness (QED) is 0.529. The van der Waals surface area contributed by atoms with Gasteiger partial charge in [0.1, 0.15) is 5.82 Å². The highest BCUT2D eigenvalue weighted by Crippen LogP contribution is 2.34. The van der Waals surface area contributed by atoms with E-state index in [2.05, 4.69) is 13.8 Å². The van der Waals surface area contributed by atoms with E-state index in [9.17, 15) is 9.59 Å². The largest absolute Gasteiger partial charge is 0.333 e. The number of benzene rings is 2. The fourth-order valence-electron chi connectivity index (χ4n) is 4.02. The minimum atomic E-state index is -0.270. The second-order valence-electron chi connectivity index (χ2n) is 9.03. The molecule has 1 aliphatic carbocycles. The number of rotatable bonds is 8. The highest BCUT2D eigenvalue weighted by Gasteiger charge is 2.36. The molecular formula is C26H31N3O2. The number of amides is 1. The normalized spacial score (nSPS) is 14.7. The van der Waals surface area contributed by atoms with E-state index in [1.54, 1.807) is 4.57 Å². The summed E-state index contributed by atoms with van der Waals surface area (Å²) < 4.78 is 1.75. The van der Waals surface area contributed by atoms with Crippen LogP contribution in [0.1, 0.15) is 57.5 Å². The third-order valence-electron chi connectivity index (χ3n) is 6.07. The number of hydrogen-bond donors (Lipinski definition) is 0. The van der Waals surface area contributed by atoms with Gasteiger partial charge in [0.25, 0.3) is 5.56 Å². The summed E-state index contributed by atoms with van der Waals surface area (Å²) in [6.45, 7) is 7.47. The maximum Gasteiger partial charge on any atom is 0.261 e. The van der Waals surface area contributed by atoms with E-state index >= 15 is 0 Å². The number of hydrogen-bond acceptors (Lipinski definition) is 3. The molecule has 3 aromatic rings. The van der Waals surface area contributed by atoms with E-state index in [1.807, 2.05) is 66.4 Å². The van der Waals surface area contributed by atoms with Gasteiger partial charge in [-0.2, -0.15) is 0 Å². The first-order chi connectivity index (χ1) is 15.0. The van der Waals surface area contributed by atoms with Gasteiger partial charge in [-0.05, 0) is 49.8 Å². The van der Waals surface area contributed by atoms with E-state index < -0.39 is 0 Å². The van der Waals surface area contributed by atoms with Crippen molar-refractivity contribution >= 4 is 16.8 Å². The molecule has 1 atom stereocenters. The van der Waals surface area contributed by atoms with Gasteiger partial charge in [0.2, 0.25) is 5.91 Å². The van der Waals surface area contributed by atoms with Gasteiger partial charge in [0.05, 0.1) is 23.5 Å². The Labute approximate surface area is 183 Å². The lowest BCUT2D eigenvalue weighted by Crippen LogP contribution is -2.39. The lowest BCUT2D eigenvalue weighted by molar-refractivity contribution is -0.135. The lowest BCUT2D eigenvalue weighted by atomic mass is 10.1. The second kappa shape index (κ2) is 9.04. The van der Waals surface area contributed by atoms with Crippen molar-refractivity contribution in [2.75, 3.05) is 6.54 Å². The Bertz CT molecular complexity index is 1120. The molecule has 4 rings (SSSR count). The summed E-state index contributed by atoms with van der Waals surface area (Å²) >= 11 is 0. The lowest BCUT2D eigenvalue weighted by Gasteiger charge is -2.31. The molecule has 5 nitrogen and oxygen atoms in total. The third kappa shape index (κ3) is 4.71. The first-order valence-electron chi connectivity index (χ1n) is 11.3. The van der Waals surface area contributed by atoms with Crippen molar-refractivity contribution in [2.45, 2.75) is 52.6 Å². The Kier molecular flexibility index (Phi) is 6.21. The molecule has 0 N–H and O–H groups in total. The van der Waals surface area contributed by atoms with Crippen molar-refractivity contribution in [3.8, 4) is 0 Å². The van der Waals surface area contributed by atoms with E-state index in [0.717, 1.165) is 24.8 Å². The molecule has 2 aromatic carbocycles. The average molecular weight is 418 g/mol. The van der Waals surface area contributed by atoms with Crippen LogP contribution in [0.4, 0.5) is 0 Å². The predicted molar refractivity (Wildman–Crippen MR) is 124 cm³/mol. The van der Waals surface area contributed by atoms with Crippen LogP contribution < -0.4 is 5.56 Å². The van der Waals surface area contributed by atoms with Crippen LogP contribution in [-0.2, 0) is 11.3 Å². The fourth-order valence-corrected chi connectivity index (χ4v) is 4.02. The summed E-state index contributed by atoms with van der Waals surface area (Å²) in [5.74, 6) is 1.48. The molecule has 1 amide bonds. The van der Waals surface area contributed by atoms with Crippen LogP contribution in [0.3, 0.4) is 0 Å². The van der Waals surface area contributed by atoms with Gasteiger partial charge >= 0.3 is 0 Å². The predicted octanol–water partition coefficient (Wildman–Crippen LogP) is 4.79. The average Bonchev–Trinajstić information content (AvgIpc) is 3.61. The second-order valence-corrected chi connectivity index (χ2v) is 9.03. The van der Waals surface area contributed by atoms with E-state index in [-0.39, 0.29) is 23.4 Å². The Morgan fingerprint density at radius 2 is 1.74 bits per heavy atom. The van der Waals surface area contributed by atoms with E-state index in [1.165, 1.54) is 0 Å². The zero-order valence-corrected chi connectivity index (χ0v) is 18.6. The van der Waals surface area contributed by atoms with Crippen molar-refractivity contribution in [1.29, 1.82) is 0 Å². The van der Waals surface area contributed by atoms with Crippen LogP contribution in [0.25, 0.3) is 10.9 Å². The molecule has 0 spiro atoms. The van der Waals surface area contributed by atoms with E-state index in [4.69, 9.17) is 4.98 Å². The number of nitrogens with zero attached hydrogens (tertiary/aromatic N) is 3. The summed E-state index contributed by atoms with van der Waals surface area (Å²) in [5.41, 5.74) is 1.66. The molecule has 31 heavy (non-hydrogen) atoms. The SMILES string of the molecule is CC(C)CCN(C(=O)C1CC1)C(C)c1nc2ccccc2c(=O)n1Cc1ccccc1. The fraction of sp³-hybridized carbons (Fsp3) is 0.423. The molecular weight excluding hydrogens is 386 g/mol. The molecule has 1 aromatic heterocycles. The number of carbonyl (C=O) groups is 1. The van der Waals surface area contributed by atoms with Crippen molar-refractivity contribution < 1.29 is 4.79 Å². The van der Waals surface area contributed by atoms with E-state index in [0.29, 0.717) is 35.7 Å². The Hall–Kier alpha value is -2.95. The first-order valence-corrected chi connectivity index (χ1v) is 11.3. The van der Waals surface area contributed by atoms with Gasteiger partial charge < -0.3 is 4.90 Å². The minimum absolute atomic E-state index is 0.0565. The molecule has 1 aliphatic rings. The van der Waals surface area contributed by atoms with Gasteiger partial charge in [-0.15, -0.1) is 0 Å². The monoisotopic (exact) mass is 417 g/mol. The Morgan fingerprint density at radius 1 is 1.06 bits per heavy atom. The molecule has 5 heteroatoms. The number of aromatic nitrogens is 2. The molecule has 162 valence electrons. The van der Waals surface area contributed by atoms with Crippen LogP contribution in [-0.4, -0.2) is 26.9 Å². The summed E-state index contributed by atoms with van der Waals surface area (Å²) in [6, 6.07) is 17.2. The maximum atomic E-state index is 13.5. The Balaban J connectivity index is 1.80. The van der Waals surface area contributed by atoms with Crippen LogP contribution in [0.15, 0.2) is 59.4 Å². The summed E-state index contributed by atoms with van der Waals surface area (Å²) in [4.78, 5) is 33.5. The third-order valence-corrected chi connectivity index (χ3v) is 6.07. The van der Waals surface area contributed by atoms with Gasteiger partial charge in [0.15, 0.2) is 0 Å². The number of fused-ring (bicyclic) bond motifs is 1. The van der Waals surface area contributed by atoms with Crippen LogP contribution in [0, 0.1) is 11.8 Å². The maximum absolute atomic E-state index is 13.5. The molecule has 0 saturated heterocycles. The molecule has 1 fully saturated rings. The summed E-state index contributed by atoms with van der Waals surface area (Å²) in [5, 5.41) is 0.608. The van der Waals surface area contributed by atoms with Gasteiger partial charge in [0, 0.05) is 12.5 Å². The van der Waals surface area contributed by atoms with Crippen molar-refractivity contribution in [1.82, 2.24) is 14.5 Å². The van der Waals surface area contributed by atoms with Crippen molar-refractivity contribution in [3.63, 3.8) is 0 Å². The molecule has 1 heterocycles. The molecule has 0 radical (unpaired) electrons. The topological polar surface area (TPSA) is 55.2 Å². The molecule has 1 unspecified atom stereocenters. The van der Waals surface area contributed by atoms with Crippen LogP contribution >= 0.6 is 0 Å². The van der Waals surface area contributed by atoms with Crippen molar-refractivity contribution in [2.24, 2.45) is 11.8 Å². The van der Waals surface area contributed by atoms with Crippen molar-refractivity contribution in [3.05, 3.63) is 76.3 Å². The first kappa shape index (κ1) is 21.3. The molecule has 0 aliphatic heterocycles. The summed E-state index contributed by atoms with van der Waals surface area (Å²) in [6.07, 6.45) is 2.86. The van der Waals surface area contributed by atoms with Crippen LogP contribution in [0.5, 0.6) is 0 Å². The highest BCUT2D eigenvalue weighted by atomic mass is 16.2. The van der Waals surface area contributed by atoms with Gasteiger partial charge in [-0.1, -0.05) is 56.3 Å².